The van der Waals surface area contributed by atoms with E-state index in [-0.39, 0.29) is 12.9 Å². The number of hydrogen-bond acceptors (Lipinski definition) is 7. The Hall–Kier alpha value is -2.93. The lowest BCUT2D eigenvalue weighted by molar-refractivity contribution is 0.0853. The summed E-state index contributed by atoms with van der Waals surface area (Å²) < 4.78 is 22.1. The summed E-state index contributed by atoms with van der Waals surface area (Å²) in [6, 6.07) is 10.6. The van der Waals surface area contributed by atoms with Crippen molar-refractivity contribution in [1.82, 2.24) is 5.32 Å². The highest BCUT2D eigenvalue weighted by Gasteiger charge is 2.30. The lowest BCUT2D eigenvalue weighted by atomic mass is 10.0. The van der Waals surface area contributed by atoms with Crippen LogP contribution in [-0.4, -0.2) is 45.9 Å². The van der Waals surface area contributed by atoms with Gasteiger partial charge in [-0.2, -0.15) is 0 Å². The maximum atomic E-state index is 5.67. The van der Waals surface area contributed by atoms with E-state index in [1.54, 1.807) is 14.2 Å². The third-order valence-electron chi connectivity index (χ3n) is 5.35. The molecule has 0 saturated carbocycles. The van der Waals surface area contributed by atoms with E-state index in [0.29, 0.717) is 29.4 Å². The predicted octanol–water partition coefficient (Wildman–Crippen LogP) is 3.26. The van der Waals surface area contributed by atoms with Gasteiger partial charge in [0.25, 0.3) is 0 Å². The average molecular weight is 412 g/mol. The fourth-order valence-corrected chi connectivity index (χ4v) is 3.76. The van der Waals surface area contributed by atoms with Crippen LogP contribution in [0.15, 0.2) is 35.5 Å². The SMILES string of the molecule is COc1cc(C[C@@H]2CC(CNCCc3ccc(C)cc3)=NO2)c(OC)c2c1OCO2. The molecule has 160 valence electrons. The zero-order valence-corrected chi connectivity index (χ0v) is 17.7. The van der Waals surface area contributed by atoms with Crippen LogP contribution in [0.2, 0.25) is 0 Å². The molecule has 0 bridgehead atoms. The standard InChI is InChI=1S/C23H28N2O5/c1-15-4-6-16(7-5-15)8-9-24-13-18-12-19(30-25-18)10-17-11-20(26-2)22-23(21(17)27-3)29-14-28-22/h4-7,11,19,24H,8-10,12-14H2,1-3H3/t19-/m1/s1. The second-order valence-corrected chi connectivity index (χ2v) is 7.54. The van der Waals surface area contributed by atoms with Crippen LogP contribution in [0.25, 0.3) is 0 Å². The zero-order valence-electron chi connectivity index (χ0n) is 17.7. The smallest absolute Gasteiger partial charge is 0.231 e. The van der Waals surface area contributed by atoms with Crippen molar-refractivity contribution in [3.8, 4) is 23.0 Å². The van der Waals surface area contributed by atoms with Crippen molar-refractivity contribution >= 4 is 5.71 Å². The Balaban J connectivity index is 1.29. The van der Waals surface area contributed by atoms with Gasteiger partial charge in [0.1, 0.15) is 6.10 Å². The van der Waals surface area contributed by atoms with Crippen LogP contribution in [0.5, 0.6) is 23.0 Å². The highest BCUT2D eigenvalue weighted by atomic mass is 16.7. The van der Waals surface area contributed by atoms with E-state index >= 15 is 0 Å². The van der Waals surface area contributed by atoms with Gasteiger partial charge < -0.3 is 29.1 Å². The van der Waals surface area contributed by atoms with Crippen LogP contribution in [-0.2, 0) is 17.7 Å². The summed E-state index contributed by atoms with van der Waals surface area (Å²) >= 11 is 0. The maximum absolute atomic E-state index is 5.67. The van der Waals surface area contributed by atoms with Crippen molar-refractivity contribution in [3.63, 3.8) is 0 Å². The van der Waals surface area contributed by atoms with Crippen molar-refractivity contribution in [2.75, 3.05) is 34.1 Å². The van der Waals surface area contributed by atoms with Gasteiger partial charge in [-0.25, -0.2) is 0 Å². The fraction of sp³-hybridized carbons (Fsp3) is 0.435. The fourth-order valence-electron chi connectivity index (χ4n) is 3.76. The molecule has 0 radical (unpaired) electrons. The topological polar surface area (TPSA) is 70.5 Å². The molecule has 4 rings (SSSR count). The van der Waals surface area contributed by atoms with Crippen LogP contribution in [0, 0.1) is 6.92 Å². The summed E-state index contributed by atoms with van der Waals surface area (Å²) in [5.41, 5.74) is 4.59. The molecule has 0 aliphatic carbocycles. The molecular weight excluding hydrogens is 384 g/mol. The van der Waals surface area contributed by atoms with E-state index in [4.69, 9.17) is 23.8 Å². The highest BCUT2D eigenvalue weighted by molar-refractivity contribution is 5.87. The predicted molar refractivity (Wildman–Crippen MR) is 114 cm³/mol. The Bertz CT molecular complexity index is 911. The molecule has 7 heteroatoms. The van der Waals surface area contributed by atoms with Gasteiger partial charge in [-0.3, -0.25) is 0 Å². The van der Waals surface area contributed by atoms with E-state index in [1.807, 2.05) is 6.07 Å². The molecule has 0 spiro atoms. The summed E-state index contributed by atoms with van der Waals surface area (Å²) in [6.45, 7) is 3.89. The van der Waals surface area contributed by atoms with Gasteiger partial charge in [-0.05, 0) is 31.5 Å². The zero-order chi connectivity index (χ0) is 20.9. The summed E-state index contributed by atoms with van der Waals surface area (Å²) in [5.74, 6) is 2.47. The monoisotopic (exact) mass is 412 g/mol. The number of benzene rings is 2. The van der Waals surface area contributed by atoms with Gasteiger partial charge in [0, 0.05) is 24.9 Å². The summed E-state index contributed by atoms with van der Waals surface area (Å²) in [4.78, 5) is 5.67. The first-order chi connectivity index (χ1) is 14.7. The summed E-state index contributed by atoms with van der Waals surface area (Å²) in [7, 11) is 3.24. The van der Waals surface area contributed by atoms with Gasteiger partial charge in [0.15, 0.2) is 11.5 Å². The molecule has 1 atom stereocenters. The second kappa shape index (κ2) is 9.26. The number of nitrogens with zero attached hydrogens (tertiary/aromatic N) is 1. The number of ether oxygens (including phenoxy) is 4. The number of aryl methyl sites for hydroxylation is 1. The third kappa shape index (κ3) is 4.46. The summed E-state index contributed by atoms with van der Waals surface area (Å²) in [6.07, 6.45) is 2.37. The van der Waals surface area contributed by atoms with E-state index in [2.05, 4.69) is 41.7 Å². The first-order valence-electron chi connectivity index (χ1n) is 10.2. The number of oxime groups is 1. The van der Waals surface area contributed by atoms with E-state index in [1.165, 1.54) is 11.1 Å². The van der Waals surface area contributed by atoms with Gasteiger partial charge in [0.2, 0.25) is 18.3 Å². The molecule has 0 amide bonds. The van der Waals surface area contributed by atoms with E-state index in [0.717, 1.165) is 37.2 Å². The molecule has 2 aromatic carbocycles. The van der Waals surface area contributed by atoms with Crippen molar-refractivity contribution < 1.29 is 23.8 Å². The molecule has 2 aliphatic rings. The molecule has 0 unspecified atom stereocenters. The quantitative estimate of drug-likeness (QED) is 0.638. The number of rotatable bonds is 9. The molecule has 30 heavy (non-hydrogen) atoms. The Morgan fingerprint density at radius 1 is 1.10 bits per heavy atom. The minimum atomic E-state index is -0.0436. The molecule has 0 aromatic heterocycles. The van der Waals surface area contributed by atoms with Crippen molar-refractivity contribution in [3.05, 3.63) is 47.0 Å². The highest BCUT2D eigenvalue weighted by Crippen LogP contribution is 2.49. The largest absolute Gasteiger partial charge is 0.493 e. The van der Waals surface area contributed by atoms with Crippen LogP contribution in [0.1, 0.15) is 23.1 Å². The first-order valence-corrected chi connectivity index (χ1v) is 10.2. The Morgan fingerprint density at radius 3 is 2.67 bits per heavy atom. The number of hydrogen-bond donors (Lipinski definition) is 1. The van der Waals surface area contributed by atoms with Crippen LogP contribution < -0.4 is 24.3 Å². The maximum Gasteiger partial charge on any atom is 0.231 e. The van der Waals surface area contributed by atoms with Crippen molar-refractivity contribution in [2.24, 2.45) is 5.16 Å². The third-order valence-corrected chi connectivity index (χ3v) is 5.35. The molecule has 0 saturated heterocycles. The van der Waals surface area contributed by atoms with Crippen LogP contribution in [0.4, 0.5) is 0 Å². The molecule has 1 N–H and O–H groups in total. The normalized spacial score (nSPS) is 16.9. The molecule has 2 heterocycles. The molecule has 0 fully saturated rings. The van der Waals surface area contributed by atoms with Crippen LogP contribution in [0.3, 0.4) is 0 Å². The van der Waals surface area contributed by atoms with E-state index < -0.39 is 0 Å². The molecular formula is C23H28N2O5. The molecule has 2 aromatic rings. The number of nitrogens with one attached hydrogen (secondary N) is 1. The van der Waals surface area contributed by atoms with Gasteiger partial charge >= 0.3 is 0 Å². The van der Waals surface area contributed by atoms with Gasteiger partial charge in [-0.15, -0.1) is 0 Å². The Kier molecular flexibility index (Phi) is 6.28. The average Bonchev–Trinajstić information content (AvgIpc) is 3.42. The Morgan fingerprint density at radius 2 is 1.90 bits per heavy atom. The number of methoxy groups -OCH3 is 2. The minimum Gasteiger partial charge on any atom is -0.493 e. The van der Waals surface area contributed by atoms with Crippen molar-refractivity contribution in [1.29, 1.82) is 0 Å². The molecule has 7 nitrogen and oxygen atoms in total. The lowest BCUT2D eigenvalue weighted by Gasteiger charge is -2.15. The van der Waals surface area contributed by atoms with E-state index in [9.17, 15) is 0 Å². The summed E-state index contributed by atoms with van der Waals surface area (Å²) in [5, 5.41) is 7.72. The molecule has 2 aliphatic heterocycles. The second-order valence-electron chi connectivity index (χ2n) is 7.54. The van der Waals surface area contributed by atoms with Crippen LogP contribution >= 0.6 is 0 Å². The van der Waals surface area contributed by atoms with Crippen molar-refractivity contribution in [2.45, 2.75) is 32.3 Å². The first kappa shape index (κ1) is 20.3. The van der Waals surface area contributed by atoms with Gasteiger partial charge in [0.05, 0.1) is 19.9 Å². The van der Waals surface area contributed by atoms with Gasteiger partial charge in [-0.1, -0.05) is 35.0 Å². The lowest BCUT2D eigenvalue weighted by Crippen LogP contribution is -2.25. The minimum absolute atomic E-state index is 0.0436. The Labute approximate surface area is 176 Å². The number of fused-ring (bicyclic) bond motifs is 1.